The number of hydrogen-bond acceptors (Lipinski definition) is 8. The molecular weight excluding hydrogens is 712 g/mol. The molecule has 6 aliphatic rings. The van der Waals surface area contributed by atoms with E-state index in [2.05, 4.69) is 170 Å². The summed E-state index contributed by atoms with van der Waals surface area (Å²) in [5.41, 5.74) is 13.8. The van der Waals surface area contributed by atoms with Gasteiger partial charge in [0.15, 0.2) is 0 Å². The van der Waals surface area contributed by atoms with Gasteiger partial charge in [-0.25, -0.2) is 9.97 Å². The normalized spacial score (nSPS) is 17.6. The highest BCUT2D eigenvalue weighted by atomic mass is 35.5. The number of nitrogens with zero attached hydrogens (tertiary/aromatic N) is 6. The lowest BCUT2D eigenvalue weighted by atomic mass is 10.0. The second-order valence-corrected chi connectivity index (χ2v) is 16.2. The van der Waals surface area contributed by atoms with E-state index in [0.717, 1.165) is 49.0 Å². The van der Waals surface area contributed by atoms with Crippen LogP contribution in [0.25, 0.3) is 65.4 Å². The highest BCUT2D eigenvalue weighted by Gasteiger charge is 2.23. The number of allylic oxidation sites excluding steroid dienone is 8. The molecule has 0 spiro atoms. The van der Waals surface area contributed by atoms with Crippen LogP contribution in [0.15, 0.2) is 97.7 Å². The first kappa shape index (κ1) is 34.9. The molecule has 9 heterocycles. The number of likely N-dealkylation sites (N-methyl/N-ethyl adjacent to an activating group) is 4. The van der Waals surface area contributed by atoms with E-state index in [1.54, 1.807) is 0 Å². The van der Waals surface area contributed by atoms with Crippen molar-refractivity contribution >= 4 is 100 Å². The molecule has 8 bridgehead atoms. The van der Waals surface area contributed by atoms with Gasteiger partial charge in [-0.3, -0.25) is 0 Å². The molecule has 6 aliphatic heterocycles. The van der Waals surface area contributed by atoms with Gasteiger partial charge >= 0.3 is 0 Å². The maximum Gasteiger partial charge on any atom is 0.0727 e. The molecule has 9 heteroatoms. The number of thiophene rings is 2. The Morgan fingerprint density at radius 1 is 0.415 bits per heavy atom. The molecule has 0 amide bonds. The van der Waals surface area contributed by atoms with Crippen LogP contribution < -0.4 is 0 Å². The molecule has 0 N–H and O–H groups in total. The lowest BCUT2D eigenvalue weighted by Crippen LogP contribution is -2.16. The van der Waals surface area contributed by atoms with Crippen LogP contribution in [0, 0.1) is 0 Å². The van der Waals surface area contributed by atoms with Gasteiger partial charge in [-0.15, -0.1) is 35.1 Å². The zero-order chi connectivity index (χ0) is 35.3. The van der Waals surface area contributed by atoms with Crippen LogP contribution in [0.4, 0.5) is 0 Å². The van der Waals surface area contributed by atoms with Crippen LogP contribution in [0.5, 0.6) is 0 Å². The zero-order valence-electron chi connectivity index (χ0n) is 30.3. The van der Waals surface area contributed by atoms with E-state index < -0.39 is 0 Å². The van der Waals surface area contributed by atoms with Crippen molar-refractivity contribution in [2.24, 2.45) is 0 Å². The second kappa shape index (κ2) is 14.3. The average molecular weight is 753 g/mol. The van der Waals surface area contributed by atoms with Gasteiger partial charge in [0.2, 0.25) is 0 Å². The molecular formula is C44H41ClN6S2. The van der Waals surface area contributed by atoms with Gasteiger partial charge in [-0.2, -0.15) is 0 Å². The highest BCUT2D eigenvalue weighted by molar-refractivity contribution is 7.24. The van der Waals surface area contributed by atoms with E-state index in [0.29, 0.717) is 0 Å². The zero-order valence-corrected chi connectivity index (χ0v) is 32.7. The molecule has 0 atom stereocenters. The predicted octanol–water partition coefficient (Wildman–Crippen LogP) is 9.91. The van der Waals surface area contributed by atoms with Gasteiger partial charge in [0.25, 0.3) is 0 Å². The predicted molar refractivity (Wildman–Crippen MR) is 232 cm³/mol. The summed E-state index contributed by atoms with van der Waals surface area (Å²) in [5.74, 6) is 0. The fourth-order valence-corrected chi connectivity index (χ4v) is 10.0. The topological polar surface area (TPSA) is 38.7 Å². The maximum atomic E-state index is 5.51. The molecule has 0 fully saturated rings. The van der Waals surface area contributed by atoms with Crippen molar-refractivity contribution in [3.63, 3.8) is 0 Å². The van der Waals surface area contributed by atoms with Gasteiger partial charge in [0, 0.05) is 95.4 Å². The quantitative estimate of drug-likeness (QED) is 0.182. The van der Waals surface area contributed by atoms with E-state index in [1.165, 1.54) is 63.3 Å². The second-order valence-electron chi connectivity index (χ2n) is 14.1. The highest BCUT2D eigenvalue weighted by Crippen LogP contribution is 2.41. The van der Waals surface area contributed by atoms with E-state index in [1.807, 2.05) is 22.7 Å². The molecule has 0 radical (unpaired) electrons. The Morgan fingerprint density at radius 2 is 0.660 bits per heavy atom. The van der Waals surface area contributed by atoms with Crippen LogP contribution in [0.1, 0.15) is 45.0 Å². The molecule has 53 heavy (non-hydrogen) atoms. The van der Waals surface area contributed by atoms with Crippen molar-refractivity contribution < 1.29 is 0 Å². The lowest BCUT2D eigenvalue weighted by molar-refractivity contribution is 0.512. The molecule has 0 unspecified atom stereocenters. The Hall–Kier alpha value is -5.15. The van der Waals surface area contributed by atoms with Gasteiger partial charge in [0.05, 0.1) is 22.8 Å². The van der Waals surface area contributed by atoms with Crippen LogP contribution in [-0.2, 0) is 0 Å². The summed E-state index contributed by atoms with van der Waals surface area (Å²) in [6, 6.07) is 9.16. The van der Waals surface area contributed by atoms with Gasteiger partial charge < -0.3 is 19.6 Å². The van der Waals surface area contributed by atoms with Crippen LogP contribution in [0.3, 0.4) is 0 Å². The number of rotatable bonds is 4. The summed E-state index contributed by atoms with van der Waals surface area (Å²) < 4.78 is 4.83. The van der Waals surface area contributed by atoms with Crippen molar-refractivity contribution in [1.29, 1.82) is 0 Å². The molecule has 3 aromatic heterocycles. The minimum absolute atomic E-state index is 0. The summed E-state index contributed by atoms with van der Waals surface area (Å²) in [4.78, 5) is 20.0. The molecule has 9 rings (SSSR count). The molecule has 0 saturated carbocycles. The van der Waals surface area contributed by atoms with E-state index in [4.69, 9.17) is 9.97 Å². The van der Waals surface area contributed by atoms with Gasteiger partial charge in [-0.1, -0.05) is 24.3 Å². The number of halogens is 1. The average Bonchev–Trinajstić information content (AvgIpc) is 3.96. The first-order valence-electron chi connectivity index (χ1n) is 17.7. The summed E-state index contributed by atoms with van der Waals surface area (Å²) in [5, 5.41) is 0. The summed E-state index contributed by atoms with van der Waals surface area (Å²) >= 11 is 3.68. The number of aromatic nitrogens is 2. The maximum absolute atomic E-state index is 5.51. The Bertz CT molecular complexity index is 2160. The lowest BCUT2D eigenvalue weighted by Gasteiger charge is -2.21. The van der Waals surface area contributed by atoms with Crippen LogP contribution in [-0.4, -0.2) is 83.9 Å². The molecule has 266 valence electrons. The Labute approximate surface area is 325 Å². The fourth-order valence-electron chi connectivity index (χ4n) is 7.66. The summed E-state index contributed by atoms with van der Waals surface area (Å²) in [6.45, 7) is 3.26. The third-order valence-electron chi connectivity index (χ3n) is 10.0. The van der Waals surface area contributed by atoms with Crippen molar-refractivity contribution in [1.82, 2.24) is 29.6 Å². The molecule has 3 aromatic rings. The largest absolute Gasteiger partial charge is 0.376 e. The Morgan fingerprint density at radius 3 is 0.887 bits per heavy atom. The first-order chi connectivity index (χ1) is 25.4. The third kappa shape index (κ3) is 6.67. The van der Waals surface area contributed by atoms with Crippen LogP contribution >= 0.6 is 35.1 Å². The number of hydrogen-bond donors (Lipinski definition) is 0. The molecule has 0 aromatic carbocycles. The van der Waals surface area contributed by atoms with E-state index in [-0.39, 0.29) is 12.4 Å². The SMILES string of the molecule is CN1C=CC=C(c2c3nc(c(C4=CC=CN(C)C4)c4ccc(s4)c(C4=CC=CN(C)C4)c4nc(c(C5=CC=CN(C)C5)c5ccc2s5)C=C4)C=C3)C1.Cl. The van der Waals surface area contributed by atoms with Crippen molar-refractivity contribution in [3.8, 4) is 0 Å². The van der Waals surface area contributed by atoms with Crippen molar-refractivity contribution in [2.45, 2.75) is 0 Å². The number of fused-ring (bicyclic) bond motifs is 8. The summed E-state index contributed by atoms with van der Waals surface area (Å²) in [7, 11) is 8.54. The smallest absolute Gasteiger partial charge is 0.0727 e. The van der Waals surface area contributed by atoms with E-state index >= 15 is 0 Å². The minimum atomic E-state index is 0. The van der Waals surface area contributed by atoms with Gasteiger partial charge in [-0.05, 0) is 120 Å². The fraction of sp³-hybridized carbons (Fsp3) is 0.182. The van der Waals surface area contributed by atoms with Crippen molar-refractivity contribution in [2.75, 3.05) is 54.4 Å². The van der Waals surface area contributed by atoms with Crippen molar-refractivity contribution in [3.05, 3.63) is 143 Å². The first-order valence-corrected chi connectivity index (χ1v) is 19.3. The van der Waals surface area contributed by atoms with Gasteiger partial charge in [0.1, 0.15) is 0 Å². The molecule has 0 saturated heterocycles. The standard InChI is InChI=1S/C44H40N6S2.ClH/c1-47-21-5-9-29(25-47)41-33-13-14-34(45-33)42(30-10-6-22-48(2)26-30)39-19-20-40(52-39)44(32-12-8-24-50(4)28-32)36-16-15-35(46-36)43(38-18-17-37(41)51-38)31-11-7-23-49(3)27-31;/h5-24H,25-28H2,1-4H3;1H. The minimum Gasteiger partial charge on any atom is -0.376 e. The Balaban J connectivity index is 0.00000400. The molecule has 6 nitrogen and oxygen atoms in total. The Kier molecular flexibility index (Phi) is 9.45. The van der Waals surface area contributed by atoms with Crippen LogP contribution in [0.2, 0.25) is 0 Å². The summed E-state index contributed by atoms with van der Waals surface area (Å²) in [6.07, 6.45) is 35.0. The monoisotopic (exact) mass is 752 g/mol. The molecule has 0 aliphatic carbocycles. The third-order valence-corrected chi connectivity index (χ3v) is 12.3. The van der Waals surface area contributed by atoms with E-state index in [9.17, 15) is 0 Å².